The molecule has 1 heterocycles. The lowest BCUT2D eigenvalue weighted by Crippen LogP contribution is -2.11. The van der Waals surface area contributed by atoms with Gasteiger partial charge in [0, 0.05) is 11.8 Å². The molecule has 1 atom stereocenters. The Morgan fingerprint density at radius 1 is 0.833 bits per heavy atom. The van der Waals surface area contributed by atoms with Gasteiger partial charge in [0.05, 0.1) is 11.6 Å². The van der Waals surface area contributed by atoms with Gasteiger partial charge in [-0.25, -0.2) is 0 Å². The van der Waals surface area contributed by atoms with E-state index in [1.54, 1.807) is 12.3 Å². The number of para-hydroxylation sites is 1. The first-order valence-corrected chi connectivity index (χ1v) is 8.26. The number of phenols is 1. The van der Waals surface area contributed by atoms with E-state index in [0.717, 1.165) is 16.8 Å². The number of rotatable bonds is 3. The summed E-state index contributed by atoms with van der Waals surface area (Å²) in [6.45, 7) is 6.63. The van der Waals surface area contributed by atoms with Gasteiger partial charge in [0.2, 0.25) is 0 Å². The minimum absolute atomic E-state index is 0.0820. The van der Waals surface area contributed by atoms with Crippen molar-refractivity contribution in [1.82, 2.24) is 4.98 Å². The van der Waals surface area contributed by atoms with Gasteiger partial charge in [-0.2, -0.15) is 0 Å². The van der Waals surface area contributed by atoms with Gasteiger partial charge in [-0.15, -0.1) is 0 Å². The van der Waals surface area contributed by atoms with E-state index in [1.807, 2.05) is 36.4 Å². The van der Waals surface area contributed by atoms with Crippen LogP contribution < -0.4 is 0 Å². The number of aromatic hydroxyl groups is 1. The number of hydrogen-bond donors (Lipinski definition) is 1. The standard InChI is InChI=1S/C22H23NO/c1-22(2,3)17-13-11-16(12-14-17)21(19-9-6-7-15-23-19)18-8-4-5-10-20(18)24/h4-15,21,24H,1-3H3. The molecule has 2 aromatic carbocycles. The van der Waals surface area contributed by atoms with Crippen molar-refractivity contribution in [3.63, 3.8) is 0 Å². The molecule has 0 aliphatic rings. The summed E-state index contributed by atoms with van der Waals surface area (Å²) < 4.78 is 0. The third-order valence-corrected chi connectivity index (χ3v) is 4.34. The number of phenolic OH excluding ortho intramolecular Hbond substituents is 1. The summed E-state index contributed by atoms with van der Waals surface area (Å²) in [6.07, 6.45) is 1.80. The van der Waals surface area contributed by atoms with Crippen LogP contribution in [0.25, 0.3) is 0 Å². The number of nitrogens with zero attached hydrogens (tertiary/aromatic N) is 1. The van der Waals surface area contributed by atoms with Crippen LogP contribution in [0.3, 0.4) is 0 Å². The smallest absolute Gasteiger partial charge is 0.119 e. The zero-order chi connectivity index (χ0) is 17.2. The molecule has 0 radical (unpaired) electrons. The quantitative estimate of drug-likeness (QED) is 0.714. The van der Waals surface area contributed by atoms with Crippen molar-refractivity contribution in [2.24, 2.45) is 0 Å². The van der Waals surface area contributed by atoms with Gasteiger partial charge in [-0.05, 0) is 34.7 Å². The third kappa shape index (κ3) is 3.33. The molecule has 1 N–H and O–H groups in total. The monoisotopic (exact) mass is 317 g/mol. The predicted molar refractivity (Wildman–Crippen MR) is 98.4 cm³/mol. The Bertz CT molecular complexity index is 801. The van der Waals surface area contributed by atoms with Crippen LogP contribution in [0.1, 0.15) is 49.1 Å². The molecule has 3 rings (SSSR count). The second kappa shape index (κ2) is 6.48. The third-order valence-electron chi connectivity index (χ3n) is 4.34. The molecule has 0 aliphatic heterocycles. The molecule has 3 aromatic rings. The van der Waals surface area contributed by atoms with Gasteiger partial charge in [-0.1, -0.05) is 69.3 Å². The molecule has 0 amide bonds. The normalized spacial score (nSPS) is 12.8. The number of benzene rings is 2. The van der Waals surface area contributed by atoms with Crippen molar-refractivity contribution in [2.45, 2.75) is 32.1 Å². The van der Waals surface area contributed by atoms with Crippen LogP contribution in [0.5, 0.6) is 5.75 Å². The summed E-state index contributed by atoms with van der Waals surface area (Å²) in [7, 11) is 0. The van der Waals surface area contributed by atoms with Gasteiger partial charge >= 0.3 is 0 Å². The van der Waals surface area contributed by atoms with Crippen molar-refractivity contribution in [3.8, 4) is 5.75 Å². The average molecular weight is 317 g/mol. The highest BCUT2D eigenvalue weighted by Gasteiger charge is 2.21. The molecule has 1 unspecified atom stereocenters. The molecular weight excluding hydrogens is 294 g/mol. The van der Waals surface area contributed by atoms with E-state index >= 15 is 0 Å². The molecule has 0 saturated carbocycles. The molecule has 0 fully saturated rings. The second-order valence-corrected chi connectivity index (χ2v) is 7.12. The minimum atomic E-state index is -0.0820. The van der Waals surface area contributed by atoms with E-state index in [2.05, 4.69) is 50.0 Å². The summed E-state index contributed by atoms with van der Waals surface area (Å²) >= 11 is 0. The van der Waals surface area contributed by atoms with Crippen LogP contribution in [-0.4, -0.2) is 10.1 Å². The Morgan fingerprint density at radius 2 is 1.50 bits per heavy atom. The van der Waals surface area contributed by atoms with Crippen LogP contribution in [0.2, 0.25) is 0 Å². The van der Waals surface area contributed by atoms with Crippen molar-refractivity contribution < 1.29 is 5.11 Å². The van der Waals surface area contributed by atoms with Crippen molar-refractivity contribution in [2.75, 3.05) is 0 Å². The summed E-state index contributed by atoms with van der Waals surface area (Å²) in [5.41, 5.74) is 4.35. The lowest BCUT2D eigenvalue weighted by Gasteiger charge is -2.22. The zero-order valence-corrected chi connectivity index (χ0v) is 14.4. The average Bonchev–Trinajstić information content (AvgIpc) is 2.58. The second-order valence-electron chi connectivity index (χ2n) is 7.12. The Balaban J connectivity index is 2.11. The first-order chi connectivity index (χ1) is 11.5. The highest BCUT2D eigenvalue weighted by molar-refractivity contribution is 5.47. The van der Waals surface area contributed by atoms with Gasteiger partial charge < -0.3 is 5.11 Å². The molecule has 0 bridgehead atoms. The molecule has 2 nitrogen and oxygen atoms in total. The SMILES string of the molecule is CC(C)(C)c1ccc(C(c2ccccn2)c2ccccc2O)cc1. The van der Waals surface area contributed by atoms with Gasteiger partial charge in [0.25, 0.3) is 0 Å². The molecule has 0 aliphatic carbocycles. The summed E-state index contributed by atoms with van der Waals surface area (Å²) in [5.74, 6) is 0.217. The van der Waals surface area contributed by atoms with Gasteiger partial charge in [0.15, 0.2) is 0 Å². The fraction of sp³-hybridized carbons (Fsp3) is 0.227. The number of aromatic nitrogens is 1. The fourth-order valence-electron chi connectivity index (χ4n) is 2.96. The van der Waals surface area contributed by atoms with Crippen molar-refractivity contribution in [3.05, 3.63) is 95.3 Å². The number of pyridine rings is 1. The van der Waals surface area contributed by atoms with E-state index in [-0.39, 0.29) is 11.3 Å². The molecular formula is C22H23NO. The maximum absolute atomic E-state index is 10.4. The van der Waals surface area contributed by atoms with E-state index in [9.17, 15) is 5.11 Å². The Kier molecular flexibility index (Phi) is 4.39. The van der Waals surface area contributed by atoms with Crippen LogP contribution in [-0.2, 0) is 5.41 Å². The highest BCUT2D eigenvalue weighted by Crippen LogP contribution is 2.36. The Morgan fingerprint density at radius 3 is 2.08 bits per heavy atom. The maximum atomic E-state index is 10.4. The zero-order valence-electron chi connectivity index (χ0n) is 14.4. The van der Waals surface area contributed by atoms with Crippen molar-refractivity contribution >= 4 is 0 Å². The predicted octanol–water partition coefficient (Wildman–Crippen LogP) is 5.26. The fourth-order valence-corrected chi connectivity index (χ4v) is 2.96. The Hall–Kier alpha value is -2.61. The van der Waals surface area contributed by atoms with Crippen LogP contribution in [0.15, 0.2) is 72.9 Å². The summed E-state index contributed by atoms with van der Waals surface area (Å²) in [5, 5.41) is 10.4. The largest absolute Gasteiger partial charge is 0.508 e. The number of hydrogen-bond acceptors (Lipinski definition) is 2. The van der Waals surface area contributed by atoms with Crippen LogP contribution >= 0.6 is 0 Å². The molecule has 2 heteroatoms. The van der Waals surface area contributed by atoms with E-state index in [1.165, 1.54) is 5.56 Å². The molecule has 1 aromatic heterocycles. The lowest BCUT2D eigenvalue weighted by molar-refractivity contribution is 0.467. The van der Waals surface area contributed by atoms with Gasteiger partial charge in [-0.3, -0.25) is 4.98 Å². The van der Waals surface area contributed by atoms with Crippen LogP contribution in [0.4, 0.5) is 0 Å². The molecule has 0 saturated heterocycles. The molecule has 24 heavy (non-hydrogen) atoms. The lowest BCUT2D eigenvalue weighted by atomic mass is 9.83. The van der Waals surface area contributed by atoms with Gasteiger partial charge in [0.1, 0.15) is 5.75 Å². The summed E-state index contributed by atoms with van der Waals surface area (Å²) in [6, 6.07) is 22.0. The summed E-state index contributed by atoms with van der Waals surface area (Å²) in [4.78, 5) is 4.53. The molecule has 122 valence electrons. The first-order valence-electron chi connectivity index (χ1n) is 8.26. The van der Waals surface area contributed by atoms with Crippen LogP contribution in [0, 0.1) is 0 Å². The maximum Gasteiger partial charge on any atom is 0.119 e. The topological polar surface area (TPSA) is 33.1 Å². The van der Waals surface area contributed by atoms with E-state index in [0.29, 0.717) is 5.75 Å². The molecule has 0 spiro atoms. The highest BCUT2D eigenvalue weighted by atomic mass is 16.3. The van der Waals surface area contributed by atoms with E-state index < -0.39 is 0 Å². The Labute approximate surface area is 143 Å². The van der Waals surface area contributed by atoms with E-state index in [4.69, 9.17) is 0 Å². The minimum Gasteiger partial charge on any atom is -0.508 e. The first kappa shape index (κ1) is 16.3. The van der Waals surface area contributed by atoms with Crippen molar-refractivity contribution in [1.29, 1.82) is 0 Å².